The van der Waals surface area contributed by atoms with Crippen LogP contribution in [0.15, 0.2) is 30.3 Å². The average molecular weight is 235 g/mol. The average Bonchev–Trinajstić information content (AvgIpc) is 2.36. The highest BCUT2D eigenvalue weighted by Crippen LogP contribution is 2.19. The highest BCUT2D eigenvalue weighted by atomic mass is 16.7. The van der Waals surface area contributed by atoms with Crippen LogP contribution in [0.25, 0.3) is 0 Å². The van der Waals surface area contributed by atoms with Crippen molar-refractivity contribution in [2.24, 2.45) is 5.73 Å². The van der Waals surface area contributed by atoms with E-state index in [0.29, 0.717) is 19.4 Å². The zero-order valence-electron chi connectivity index (χ0n) is 10.2. The molecule has 17 heavy (non-hydrogen) atoms. The summed E-state index contributed by atoms with van der Waals surface area (Å²) in [7, 11) is 0. The molecule has 1 aliphatic rings. The third-order valence-electron chi connectivity index (χ3n) is 3.17. The number of nitrogens with two attached hydrogens (primary N) is 1. The van der Waals surface area contributed by atoms with E-state index in [2.05, 4.69) is 12.1 Å². The maximum absolute atomic E-state index is 5.90. The summed E-state index contributed by atoms with van der Waals surface area (Å²) in [6, 6.07) is 10.4. The first-order valence-electron chi connectivity index (χ1n) is 6.33. The maximum Gasteiger partial charge on any atom is 0.147 e. The van der Waals surface area contributed by atoms with Crippen molar-refractivity contribution in [1.82, 2.24) is 0 Å². The lowest BCUT2D eigenvalue weighted by atomic mass is 9.94. The molecule has 0 spiro atoms. The van der Waals surface area contributed by atoms with Gasteiger partial charge >= 0.3 is 0 Å². The summed E-state index contributed by atoms with van der Waals surface area (Å²) in [4.78, 5) is 0. The minimum absolute atomic E-state index is 0.287. The Hall–Kier alpha value is -0.900. The molecule has 1 saturated carbocycles. The van der Waals surface area contributed by atoms with Crippen LogP contribution in [0.3, 0.4) is 0 Å². The molecule has 1 aromatic carbocycles. The fourth-order valence-electron chi connectivity index (χ4n) is 2.21. The molecule has 2 unspecified atom stereocenters. The van der Waals surface area contributed by atoms with Crippen LogP contribution in [0.4, 0.5) is 0 Å². The van der Waals surface area contributed by atoms with E-state index in [0.717, 1.165) is 19.3 Å². The molecule has 2 N–H and O–H groups in total. The fraction of sp³-hybridized carbons (Fsp3) is 0.571. The predicted octanol–water partition coefficient (Wildman–Crippen LogP) is 2.45. The number of ether oxygens (including phenoxy) is 2. The lowest BCUT2D eigenvalue weighted by Gasteiger charge is -2.26. The normalized spacial score (nSPS) is 24.8. The third kappa shape index (κ3) is 4.46. The van der Waals surface area contributed by atoms with Gasteiger partial charge in [-0.15, -0.1) is 0 Å². The van der Waals surface area contributed by atoms with Gasteiger partial charge in [-0.1, -0.05) is 30.3 Å². The molecule has 2 atom stereocenters. The van der Waals surface area contributed by atoms with Gasteiger partial charge in [-0.3, -0.25) is 0 Å². The molecule has 0 amide bonds. The van der Waals surface area contributed by atoms with E-state index in [9.17, 15) is 0 Å². The zero-order chi connectivity index (χ0) is 11.9. The zero-order valence-corrected chi connectivity index (χ0v) is 10.2. The van der Waals surface area contributed by atoms with E-state index in [1.54, 1.807) is 0 Å². The maximum atomic E-state index is 5.90. The van der Waals surface area contributed by atoms with Gasteiger partial charge in [-0.05, 0) is 31.2 Å². The molecule has 1 fully saturated rings. The molecule has 0 heterocycles. The van der Waals surface area contributed by atoms with Crippen LogP contribution in [0, 0.1) is 0 Å². The molecule has 0 aromatic heterocycles. The van der Waals surface area contributed by atoms with E-state index in [1.165, 1.54) is 12.0 Å². The summed E-state index contributed by atoms with van der Waals surface area (Å²) in [6.45, 7) is 0.978. The smallest absolute Gasteiger partial charge is 0.147 e. The first kappa shape index (κ1) is 12.6. The van der Waals surface area contributed by atoms with Crippen molar-refractivity contribution in [3.63, 3.8) is 0 Å². The second kappa shape index (κ2) is 6.74. The second-order valence-corrected chi connectivity index (χ2v) is 4.67. The van der Waals surface area contributed by atoms with Gasteiger partial charge < -0.3 is 15.2 Å². The van der Waals surface area contributed by atoms with E-state index in [1.807, 2.05) is 18.2 Å². The summed E-state index contributed by atoms with van der Waals surface area (Å²) in [5.74, 6) is 0. The Balaban J connectivity index is 1.60. The van der Waals surface area contributed by atoms with Crippen molar-refractivity contribution in [2.75, 3.05) is 6.79 Å². The Morgan fingerprint density at radius 3 is 2.76 bits per heavy atom. The molecular formula is C14H21NO2. The van der Waals surface area contributed by atoms with Crippen molar-refractivity contribution < 1.29 is 9.47 Å². The van der Waals surface area contributed by atoms with E-state index in [-0.39, 0.29) is 6.10 Å². The Morgan fingerprint density at radius 1 is 1.18 bits per heavy atom. The molecule has 2 rings (SSSR count). The number of benzene rings is 1. The quantitative estimate of drug-likeness (QED) is 0.630. The Labute approximate surface area is 103 Å². The minimum Gasteiger partial charge on any atom is -0.352 e. The van der Waals surface area contributed by atoms with Crippen LogP contribution < -0.4 is 5.73 Å². The number of hydrogen-bond acceptors (Lipinski definition) is 3. The third-order valence-corrected chi connectivity index (χ3v) is 3.17. The Kier molecular flexibility index (Phi) is 4.98. The van der Waals surface area contributed by atoms with Crippen LogP contribution in [-0.2, 0) is 16.1 Å². The highest BCUT2D eigenvalue weighted by molar-refractivity contribution is 5.13. The molecule has 0 saturated heterocycles. The van der Waals surface area contributed by atoms with Gasteiger partial charge in [0.25, 0.3) is 0 Å². The summed E-state index contributed by atoms with van der Waals surface area (Å²) < 4.78 is 11.2. The first-order valence-corrected chi connectivity index (χ1v) is 6.33. The lowest BCUT2D eigenvalue weighted by Crippen LogP contribution is -2.32. The van der Waals surface area contributed by atoms with E-state index in [4.69, 9.17) is 15.2 Å². The summed E-state index contributed by atoms with van der Waals surface area (Å²) in [5, 5.41) is 0. The van der Waals surface area contributed by atoms with Crippen LogP contribution in [0.5, 0.6) is 0 Å². The number of hydrogen-bond donors (Lipinski definition) is 1. The Bertz CT molecular complexity index is 315. The van der Waals surface area contributed by atoms with Gasteiger partial charge in [0.15, 0.2) is 0 Å². The molecule has 0 radical (unpaired) electrons. The van der Waals surface area contributed by atoms with Gasteiger partial charge in [0.2, 0.25) is 0 Å². The second-order valence-electron chi connectivity index (χ2n) is 4.67. The summed E-state index contributed by atoms with van der Waals surface area (Å²) in [6.07, 6.45) is 4.67. The van der Waals surface area contributed by atoms with Crippen molar-refractivity contribution >= 4 is 0 Å². The molecule has 0 aliphatic heterocycles. The molecule has 94 valence electrons. The topological polar surface area (TPSA) is 44.5 Å². The van der Waals surface area contributed by atoms with Gasteiger partial charge in [-0.25, -0.2) is 0 Å². The van der Waals surface area contributed by atoms with Crippen molar-refractivity contribution in [3.05, 3.63) is 35.9 Å². The molecule has 1 aliphatic carbocycles. The van der Waals surface area contributed by atoms with Gasteiger partial charge in [0.05, 0.1) is 12.7 Å². The van der Waals surface area contributed by atoms with Crippen LogP contribution in [0.2, 0.25) is 0 Å². The summed E-state index contributed by atoms with van der Waals surface area (Å²) >= 11 is 0. The first-order chi connectivity index (χ1) is 8.34. The molecular weight excluding hydrogens is 214 g/mol. The van der Waals surface area contributed by atoms with Crippen molar-refractivity contribution in [3.8, 4) is 0 Å². The monoisotopic (exact) mass is 235 g/mol. The molecule has 0 bridgehead atoms. The van der Waals surface area contributed by atoms with Gasteiger partial charge in [0.1, 0.15) is 6.79 Å². The predicted molar refractivity (Wildman–Crippen MR) is 67.4 cm³/mol. The fourth-order valence-corrected chi connectivity index (χ4v) is 2.21. The van der Waals surface area contributed by atoms with Crippen molar-refractivity contribution in [1.29, 1.82) is 0 Å². The number of rotatable bonds is 5. The highest BCUT2D eigenvalue weighted by Gasteiger charge is 2.19. The van der Waals surface area contributed by atoms with Gasteiger partial charge in [0, 0.05) is 6.04 Å². The van der Waals surface area contributed by atoms with Gasteiger partial charge in [-0.2, -0.15) is 0 Å². The van der Waals surface area contributed by atoms with E-state index >= 15 is 0 Å². The minimum atomic E-state index is 0.287. The van der Waals surface area contributed by atoms with Crippen molar-refractivity contribution in [2.45, 2.75) is 44.4 Å². The Morgan fingerprint density at radius 2 is 2.00 bits per heavy atom. The largest absolute Gasteiger partial charge is 0.352 e. The molecule has 1 aromatic rings. The molecule has 3 nitrogen and oxygen atoms in total. The standard InChI is InChI=1S/C14H21NO2/c15-13-7-4-8-14(9-13)17-11-16-10-12-5-2-1-3-6-12/h1-3,5-6,13-14H,4,7-11,15H2. The SMILES string of the molecule is NC1CCCC(OCOCc2ccccc2)C1. The molecule has 3 heteroatoms. The summed E-state index contributed by atoms with van der Waals surface area (Å²) in [5.41, 5.74) is 7.08. The lowest BCUT2D eigenvalue weighted by molar-refractivity contribution is -0.106. The van der Waals surface area contributed by atoms with E-state index < -0.39 is 0 Å². The van der Waals surface area contributed by atoms with Crippen LogP contribution in [-0.4, -0.2) is 18.9 Å². The van der Waals surface area contributed by atoms with Crippen LogP contribution in [0.1, 0.15) is 31.2 Å². The van der Waals surface area contributed by atoms with Crippen LogP contribution >= 0.6 is 0 Å².